The highest BCUT2D eigenvalue weighted by Gasteiger charge is 2.47. The lowest BCUT2D eigenvalue weighted by Gasteiger charge is -2.42. The summed E-state index contributed by atoms with van der Waals surface area (Å²) in [5.74, 6) is 1.26. The summed E-state index contributed by atoms with van der Waals surface area (Å²) in [6.45, 7) is 15.3. The SMILES string of the molecule is C=CC(C)(C)c1c2c(c(O[C@H]3c4c(ccc5ccc(=O)oc45)OC(C)(C)[C@H]3O)c3ccc(=O)oc13)C=CC(C)(C)O2. The van der Waals surface area contributed by atoms with Gasteiger partial charge in [0.2, 0.25) is 0 Å². The van der Waals surface area contributed by atoms with Gasteiger partial charge in [-0.05, 0) is 64.1 Å². The smallest absolute Gasteiger partial charge is 0.336 e. The molecule has 41 heavy (non-hydrogen) atoms. The predicted octanol–water partition coefficient (Wildman–Crippen LogP) is 6.20. The van der Waals surface area contributed by atoms with Gasteiger partial charge in [-0.15, -0.1) is 6.58 Å². The molecule has 8 nitrogen and oxygen atoms in total. The zero-order valence-corrected chi connectivity index (χ0v) is 23.9. The molecule has 2 aliphatic heterocycles. The highest BCUT2D eigenvalue weighted by Crippen LogP contribution is 2.52. The molecular weight excluding hydrogens is 524 g/mol. The molecule has 0 saturated carbocycles. The quantitative estimate of drug-likeness (QED) is 0.234. The summed E-state index contributed by atoms with van der Waals surface area (Å²) in [6, 6.07) is 9.53. The number of ether oxygens (including phenoxy) is 3. The van der Waals surface area contributed by atoms with Crippen LogP contribution in [0.4, 0.5) is 0 Å². The maximum Gasteiger partial charge on any atom is 0.336 e. The molecular formula is C33H32O8. The fourth-order valence-electron chi connectivity index (χ4n) is 5.53. The zero-order chi connectivity index (χ0) is 29.5. The molecule has 212 valence electrons. The van der Waals surface area contributed by atoms with Crippen molar-refractivity contribution in [2.75, 3.05) is 0 Å². The topological polar surface area (TPSA) is 108 Å². The highest BCUT2D eigenvalue weighted by molar-refractivity contribution is 5.95. The molecule has 4 heterocycles. The normalized spacial score (nSPS) is 20.6. The van der Waals surface area contributed by atoms with E-state index < -0.39 is 40.1 Å². The first-order valence-corrected chi connectivity index (χ1v) is 13.5. The third kappa shape index (κ3) is 4.25. The number of rotatable bonds is 4. The lowest BCUT2D eigenvalue weighted by molar-refractivity contribution is -0.102. The van der Waals surface area contributed by atoms with Crippen LogP contribution in [-0.4, -0.2) is 22.4 Å². The number of hydrogen-bond acceptors (Lipinski definition) is 8. The maximum atomic E-state index is 12.5. The van der Waals surface area contributed by atoms with Gasteiger partial charge in [0.25, 0.3) is 0 Å². The van der Waals surface area contributed by atoms with E-state index in [1.807, 2.05) is 39.8 Å². The molecule has 0 bridgehead atoms. The van der Waals surface area contributed by atoms with E-state index >= 15 is 0 Å². The molecule has 8 heteroatoms. The molecule has 0 radical (unpaired) electrons. The average Bonchev–Trinajstić information content (AvgIpc) is 2.89. The molecule has 0 fully saturated rings. The molecule has 0 unspecified atom stereocenters. The van der Waals surface area contributed by atoms with Crippen LogP contribution in [0.15, 0.2) is 73.6 Å². The van der Waals surface area contributed by atoms with Crippen molar-refractivity contribution >= 4 is 28.0 Å². The summed E-state index contributed by atoms with van der Waals surface area (Å²) in [5.41, 5.74) is -1.19. The minimum absolute atomic E-state index is 0.261. The lowest BCUT2D eigenvalue weighted by atomic mass is 9.80. The molecule has 1 N–H and O–H groups in total. The molecule has 2 atom stereocenters. The van der Waals surface area contributed by atoms with E-state index in [1.165, 1.54) is 12.1 Å². The van der Waals surface area contributed by atoms with Crippen LogP contribution in [-0.2, 0) is 5.41 Å². The molecule has 2 aromatic heterocycles. The van der Waals surface area contributed by atoms with E-state index in [-0.39, 0.29) is 5.58 Å². The van der Waals surface area contributed by atoms with E-state index in [1.54, 1.807) is 44.2 Å². The number of fused-ring (bicyclic) bond motifs is 5. The van der Waals surface area contributed by atoms with E-state index in [2.05, 4.69) is 6.58 Å². The number of benzene rings is 2. The zero-order valence-electron chi connectivity index (χ0n) is 23.9. The van der Waals surface area contributed by atoms with Crippen LogP contribution in [0.25, 0.3) is 28.0 Å². The Kier molecular flexibility index (Phi) is 5.81. The van der Waals surface area contributed by atoms with Gasteiger partial charge < -0.3 is 28.2 Å². The van der Waals surface area contributed by atoms with Gasteiger partial charge in [0.1, 0.15) is 45.7 Å². The molecule has 0 amide bonds. The van der Waals surface area contributed by atoms with Crippen LogP contribution in [0.2, 0.25) is 0 Å². The number of allylic oxidation sites excluding steroid dienone is 1. The Balaban J connectivity index is 1.69. The number of aliphatic hydroxyl groups is 1. The van der Waals surface area contributed by atoms with Crippen molar-refractivity contribution in [1.82, 2.24) is 0 Å². The van der Waals surface area contributed by atoms with Gasteiger partial charge in [-0.3, -0.25) is 0 Å². The molecule has 2 aromatic carbocycles. The number of hydrogen-bond donors (Lipinski definition) is 1. The van der Waals surface area contributed by atoms with Crippen molar-refractivity contribution in [2.24, 2.45) is 0 Å². The van der Waals surface area contributed by atoms with Crippen LogP contribution >= 0.6 is 0 Å². The molecule has 4 aromatic rings. The van der Waals surface area contributed by atoms with Crippen molar-refractivity contribution in [3.8, 4) is 17.2 Å². The Morgan fingerprint density at radius 1 is 0.951 bits per heavy atom. The molecule has 6 rings (SSSR count). The minimum Gasteiger partial charge on any atom is -0.484 e. The Bertz CT molecular complexity index is 1890. The molecule has 0 aliphatic carbocycles. The minimum atomic E-state index is -1.18. The summed E-state index contributed by atoms with van der Waals surface area (Å²) >= 11 is 0. The van der Waals surface area contributed by atoms with Crippen LogP contribution in [0, 0.1) is 0 Å². The van der Waals surface area contributed by atoms with Gasteiger partial charge in [0.15, 0.2) is 6.10 Å². The van der Waals surface area contributed by atoms with E-state index in [0.29, 0.717) is 50.3 Å². The highest BCUT2D eigenvalue weighted by atomic mass is 16.5. The third-order valence-electron chi connectivity index (χ3n) is 7.88. The Morgan fingerprint density at radius 3 is 2.32 bits per heavy atom. The van der Waals surface area contributed by atoms with Crippen LogP contribution < -0.4 is 25.5 Å². The van der Waals surface area contributed by atoms with E-state index in [9.17, 15) is 14.7 Å². The summed E-state index contributed by atoms with van der Waals surface area (Å²) < 4.78 is 30.9. The van der Waals surface area contributed by atoms with Crippen LogP contribution in [0.1, 0.15) is 64.3 Å². The first-order valence-electron chi connectivity index (χ1n) is 13.5. The average molecular weight is 557 g/mol. The van der Waals surface area contributed by atoms with Crippen molar-refractivity contribution < 1.29 is 28.2 Å². The number of aliphatic hydroxyl groups excluding tert-OH is 1. The Morgan fingerprint density at radius 2 is 1.61 bits per heavy atom. The van der Waals surface area contributed by atoms with E-state index in [0.717, 1.165) is 0 Å². The van der Waals surface area contributed by atoms with Crippen molar-refractivity contribution in [3.63, 3.8) is 0 Å². The monoisotopic (exact) mass is 556 g/mol. The summed E-state index contributed by atoms with van der Waals surface area (Å²) in [7, 11) is 0. The van der Waals surface area contributed by atoms with E-state index in [4.69, 9.17) is 23.0 Å². The fraction of sp³-hybridized carbons (Fsp3) is 0.333. The second-order valence-corrected chi connectivity index (χ2v) is 12.2. The summed E-state index contributed by atoms with van der Waals surface area (Å²) in [5, 5.41) is 12.8. The molecule has 0 spiro atoms. The van der Waals surface area contributed by atoms with Gasteiger partial charge >= 0.3 is 11.3 Å². The second-order valence-electron chi connectivity index (χ2n) is 12.2. The van der Waals surface area contributed by atoms with Gasteiger partial charge in [-0.25, -0.2) is 9.59 Å². The van der Waals surface area contributed by atoms with Crippen molar-refractivity contribution in [1.29, 1.82) is 0 Å². The largest absolute Gasteiger partial charge is 0.484 e. The lowest BCUT2D eigenvalue weighted by Crippen LogP contribution is -2.50. The van der Waals surface area contributed by atoms with Gasteiger partial charge in [-0.2, -0.15) is 0 Å². The molecule has 0 saturated heterocycles. The molecule has 2 aliphatic rings. The van der Waals surface area contributed by atoms with Gasteiger partial charge in [0, 0.05) is 28.5 Å². The van der Waals surface area contributed by atoms with Gasteiger partial charge in [-0.1, -0.05) is 19.9 Å². The first kappa shape index (κ1) is 26.9. The predicted molar refractivity (Wildman–Crippen MR) is 156 cm³/mol. The van der Waals surface area contributed by atoms with Crippen molar-refractivity contribution in [3.05, 3.63) is 92.7 Å². The fourth-order valence-corrected chi connectivity index (χ4v) is 5.53. The summed E-state index contributed by atoms with van der Waals surface area (Å²) in [6.07, 6.45) is 3.41. The standard InChI is InChI=1S/C33H32O8/c1-8-31(2,3)24-27-18(11-14-22(35)38-27)26(19-15-16-32(4,5)41-28(19)24)39-29-23-20(40-33(6,7)30(29)36)12-9-17-10-13-21(34)37-25(17)23/h8-16,29-30,36H,1H2,2-7H3/t29-,30-/m0/s1. The Labute approximate surface area is 236 Å². The first-order chi connectivity index (χ1) is 19.2. The Hall–Kier alpha value is -4.30. The summed E-state index contributed by atoms with van der Waals surface area (Å²) in [4.78, 5) is 24.8. The van der Waals surface area contributed by atoms with Crippen LogP contribution in [0.5, 0.6) is 17.2 Å². The second kappa shape index (κ2) is 8.85. The van der Waals surface area contributed by atoms with Gasteiger partial charge in [0.05, 0.1) is 16.5 Å². The third-order valence-corrected chi connectivity index (χ3v) is 7.88. The van der Waals surface area contributed by atoms with Crippen molar-refractivity contribution in [2.45, 2.75) is 70.4 Å². The van der Waals surface area contributed by atoms with Crippen LogP contribution in [0.3, 0.4) is 0 Å². The maximum absolute atomic E-state index is 12.5.